The maximum atomic E-state index is 13.5. The van der Waals surface area contributed by atoms with E-state index in [2.05, 4.69) is 15.3 Å². The number of H-pyrrole nitrogens is 1. The molecule has 1 aromatic heterocycles. The first-order chi connectivity index (χ1) is 17.5. The summed E-state index contributed by atoms with van der Waals surface area (Å²) in [6, 6.07) is 26.7. The second-order valence-corrected chi connectivity index (χ2v) is 8.53. The van der Waals surface area contributed by atoms with E-state index in [-0.39, 0.29) is 11.4 Å². The predicted molar refractivity (Wildman–Crippen MR) is 142 cm³/mol. The summed E-state index contributed by atoms with van der Waals surface area (Å²) in [5.41, 5.74) is 9.68. The zero-order valence-electron chi connectivity index (χ0n) is 19.5. The molecule has 0 bridgehead atoms. The largest absolute Gasteiger partial charge is 0.463 e. The van der Waals surface area contributed by atoms with Crippen molar-refractivity contribution in [3.8, 4) is 11.5 Å². The number of nitrogens with zero attached hydrogens (tertiary/aromatic N) is 1. The molecule has 180 valence electrons. The van der Waals surface area contributed by atoms with Gasteiger partial charge in [0.1, 0.15) is 23.1 Å². The molecule has 0 spiro atoms. The quantitative estimate of drug-likeness (QED) is 0.221. The summed E-state index contributed by atoms with van der Waals surface area (Å²) in [7, 11) is 0. The highest BCUT2D eigenvalue weighted by molar-refractivity contribution is 7.71. The maximum absolute atomic E-state index is 13.5. The fourth-order valence-corrected chi connectivity index (χ4v) is 4.54. The van der Waals surface area contributed by atoms with E-state index in [1.54, 1.807) is 6.92 Å². The topological polar surface area (TPSA) is 102 Å². The van der Waals surface area contributed by atoms with E-state index in [0.717, 1.165) is 11.1 Å². The SMILES string of the molecule is CCOC(=O)C1=C(c2ccccc2)Nc2nc(=S)[nH]c(N)c2C1c1cccc(Oc2ccccc2)c1. The molecular formula is C28H24N4O3S. The second-order valence-electron chi connectivity index (χ2n) is 8.14. The molecule has 7 nitrogen and oxygen atoms in total. The minimum Gasteiger partial charge on any atom is -0.463 e. The Hall–Kier alpha value is -4.43. The van der Waals surface area contributed by atoms with Gasteiger partial charge in [-0.15, -0.1) is 0 Å². The molecule has 0 saturated heterocycles. The van der Waals surface area contributed by atoms with E-state index in [1.807, 2.05) is 84.9 Å². The molecule has 1 aliphatic rings. The standard InChI is InChI=1S/C28H24N4O3S/c1-2-34-27(33)22-21(18-12-9-15-20(16-18)35-19-13-7-4-8-14-19)23-25(29)31-28(36)32-26(23)30-24(22)17-10-5-3-6-11-17/h3-16,21H,2H2,1H3,(H4,29,30,31,32,36). The third-order valence-electron chi connectivity index (χ3n) is 5.82. The van der Waals surface area contributed by atoms with Gasteiger partial charge >= 0.3 is 5.97 Å². The Labute approximate surface area is 213 Å². The smallest absolute Gasteiger partial charge is 0.337 e. The van der Waals surface area contributed by atoms with Crippen LogP contribution in [0.1, 0.15) is 29.5 Å². The molecule has 1 aliphatic heterocycles. The number of hydrogen-bond donors (Lipinski definition) is 3. The van der Waals surface area contributed by atoms with Crippen molar-refractivity contribution in [3.05, 3.63) is 112 Å². The average molecular weight is 497 g/mol. The number of aromatic nitrogens is 2. The minimum absolute atomic E-state index is 0.228. The lowest BCUT2D eigenvalue weighted by Crippen LogP contribution is -2.27. The van der Waals surface area contributed by atoms with Crippen molar-refractivity contribution in [3.63, 3.8) is 0 Å². The molecule has 0 radical (unpaired) electrons. The summed E-state index contributed by atoms with van der Waals surface area (Å²) < 4.78 is 11.9. The number of nitrogen functional groups attached to an aromatic ring is 1. The molecule has 36 heavy (non-hydrogen) atoms. The van der Waals surface area contributed by atoms with E-state index in [4.69, 9.17) is 27.4 Å². The van der Waals surface area contributed by atoms with Crippen LogP contribution in [0.25, 0.3) is 5.70 Å². The normalized spacial score (nSPS) is 14.5. The number of rotatable bonds is 6. The lowest BCUT2D eigenvalue weighted by atomic mass is 9.80. The van der Waals surface area contributed by atoms with Gasteiger partial charge < -0.3 is 25.5 Å². The molecule has 0 aliphatic carbocycles. The molecule has 5 rings (SSSR count). The van der Waals surface area contributed by atoms with E-state index >= 15 is 0 Å². The zero-order valence-corrected chi connectivity index (χ0v) is 20.3. The molecule has 0 fully saturated rings. The van der Waals surface area contributed by atoms with Crippen molar-refractivity contribution in [2.45, 2.75) is 12.8 Å². The fraction of sp³-hybridized carbons (Fsp3) is 0.107. The third kappa shape index (κ3) is 4.58. The van der Waals surface area contributed by atoms with Gasteiger partial charge in [-0.05, 0) is 54.5 Å². The number of hydrogen-bond acceptors (Lipinski definition) is 7. The number of carbonyl (C=O) groups is 1. The average Bonchev–Trinajstić information content (AvgIpc) is 2.89. The number of esters is 1. The van der Waals surface area contributed by atoms with Crippen LogP contribution >= 0.6 is 12.2 Å². The number of aromatic amines is 1. The summed E-state index contributed by atoms with van der Waals surface area (Å²) >= 11 is 5.30. The van der Waals surface area contributed by atoms with Crippen molar-refractivity contribution >= 4 is 35.5 Å². The lowest BCUT2D eigenvalue weighted by Gasteiger charge is -2.31. The van der Waals surface area contributed by atoms with E-state index in [1.165, 1.54) is 0 Å². The Balaban J connectivity index is 1.73. The molecule has 0 amide bonds. The molecular weight excluding hydrogens is 472 g/mol. The number of para-hydroxylation sites is 1. The summed E-state index contributed by atoms with van der Waals surface area (Å²) in [6.07, 6.45) is 0. The van der Waals surface area contributed by atoms with Crippen molar-refractivity contribution in [2.24, 2.45) is 0 Å². The predicted octanol–water partition coefficient (Wildman–Crippen LogP) is 6.05. The summed E-state index contributed by atoms with van der Waals surface area (Å²) in [4.78, 5) is 20.9. The van der Waals surface area contributed by atoms with E-state index < -0.39 is 11.9 Å². The van der Waals surface area contributed by atoms with Crippen molar-refractivity contribution < 1.29 is 14.3 Å². The van der Waals surface area contributed by atoms with Gasteiger partial charge in [-0.25, -0.2) is 9.78 Å². The lowest BCUT2D eigenvalue weighted by molar-refractivity contribution is -0.138. The Morgan fingerprint density at radius 3 is 2.42 bits per heavy atom. The van der Waals surface area contributed by atoms with Gasteiger partial charge in [0.2, 0.25) is 0 Å². The number of carbonyl (C=O) groups excluding carboxylic acids is 1. The van der Waals surface area contributed by atoms with Crippen LogP contribution in [0, 0.1) is 4.77 Å². The zero-order chi connectivity index (χ0) is 25.1. The van der Waals surface area contributed by atoms with Crippen LogP contribution in [0.2, 0.25) is 0 Å². The number of nitrogens with one attached hydrogen (secondary N) is 2. The molecule has 2 heterocycles. The van der Waals surface area contributed by atoms with Crippen molar-refractivity contribution in [1.29, 1.82) is 0 Å². The van der Waals surface area contributed by atoms with Gasteiger partial charge in [-0.1, -0.05) is 60.7 Å². The highest BCUT2D eigenvalue weighted by atomic mass is 32.1. The summed E-state index contributed by atoms with van der Waals surface area (Å²) in [5.74, 6) is 1.11. The van der Waals surface area contributed by atoms with Crippen LogP contribution < -0.4 is 15.8 Å². The van der Waals surface area contributed by atoms with Crippen molar-refractivity contribution in [2.75, 3.05) is 17.7 Å². The van der Waals surface area contributed by atoms with Crippen LogP contribution in [-0.2, 0) is 9.53 Å². The Kier molecular flexibility index (Phi) is 6.51. The Morgan fingerprint density at radius 2 is 1.69 bits per heavy atom. The number of fused-ring (bicyclic) bond motifs is 1. The van der Waals surface area contributed by atoms with E-state index in [0.29, 0.717) is 40.0 Å². The molecule has 3 aromatic carbocycles. The highest BCUT2D eigenvalue weighted by Crippen LogP contribution is 2.46. The minimum atomic E-state index is -0.589. The molecule has 4 aromatic rings. The first kappa shape index (κ1) is 23.3. The van der Waals surface area contributed by atoms with Gasteiger partial charge in [-0.2, -0.15) is 0 Å². The summed E-state index contributed by atoms with van der Waals surface area (Å²) in [6.45, 7) is 2.01. The first-order valence-corrected chi connectivity index (χ1v) is 11.9. The summed E-state index contributed by atoms with van der Waals surface area (Å²) in [5, 5.41) is 3.31. The first-order valence-electron chi connectivity index (χ1n) is 11.5. The monoisotopic (exact) mass is 496 g/mol. The van der Waals surface area contributed by atoms with Gasteiger partial charge in [0.25, 0.3) is 0 Å². The number of ether oxygens (including phenoxy) is 2. The van der Waals surface area contributed by atoms with Crippen LogP contribution in [-0.4, -0.2) is 22.5 Å². The fourth-order valence-electron chi connectivity index (χ4n) is 4.34. The van der Waals surface area contributed by atoms with Crippen molar-refractivity contribution in [1.82, 2.24) is 9.97 Å². The van der Waals surface area contributed by atoms with Gasteiger partial charge in [0.15, 0.2) is 4.77 Å². The van der Waals surface area contributed by atoms with Gasteiger partial charge in [0, 0.05) is 5.56 Å². The van der Waals surface area contributed by atoms with E-state index in [9.17, 15) is 4.79 Å². The maximum Gasteiger partial charge on any atom is 0.337 e. The Bertz CT molecular complexity index is 1500. The second kappa shape index (κ2) is 10.1. The molecule has 0 saturated carbocycles. The van der Waals surface area contributed by atoms with Crippen LogP contribution in [0.15, 0.2) is 90.5 Å². The number of benzene rings is 3. The molecule has 4 N–H and O–H groups in total. The number of anilines is 2. The highest BCUT2D eigenvalue weighted by Gasteiger charge is 2.37. The number of nitrogens with two attached hydrogens (primary N) is 1. The third-order valence-corrected chi connectivity index (χ3v) is 6.01. The molecule has 1 atom stereocenters. The molecule has 8 heteroatoms. The van der Waals surface area contributed by atoms with Crippen LogP contribution in [0.5, 0.6) is 11.5 Å². The van der Waals surface area contributed by atoms with Crippen LogP contribution in [0.3, 0.4) is 0 Å². The van der Waals surface area contributed by atoms with Gasteiger partial charge in [0.05, 0.1) is 23.8 Å². The van der Waals surface area contributed by atoms with Crippen LogP contribution in [0.4, 0.5) is 11.6 Å². The Morgan fingerprint density at radius 1 is 1.00 bits per heavy atom. The van der Waals surface area contributed by atoms with Gasteiger partial charge in [-0.3, -0.25) is 0 Å². The molecule has 1 unspecified atom stereocenters.